The fourth-order valence-corrected chi connectivity index (χ4v) is 10.9. The lowest BCUT2D eigenvalue weighted by molar-refractivity contribution is -0.0580. The molecule has 6 aliphatic carbocycles. The van der Waals surface area contributed by atoms with Crippen LogP contribution in [0.25, 0.3) is 0 Å². The van der Waals surface area contributed by atoms with Crippen molar-refractivity contribution in [2.45, 2.75) is 141 Å². The Bertz CT molecular complexity index is 1040. The van der Waals surface area contributed by atoms with E-state index in [2.05, 4.69) is 13.8 Å². The van der Waals surface area contributed by atoms with Crippen molar-refractivity contribution in [3.63, 3.8) is 0 Å². The van der Waals surface area contributed by atoms with Crippen LogP contribution in [-0.2, 0) is 4.74 Å². The molecule has 0 spiro atoms. The first-order valence-electron chi connectivity index (χ1n) is 18.7. The maximum absolute atomic E-state index is 17.0. The molecule has 0 amide bonds. The minimum absolute atomic E-state index is 0.193. The van der Waals surface area contributed by atoms with Gasteiger partial charge in [0.25, 0.3) is 0 Å². The molecule has 0 aromatic heterocycles. The van der Waals surface area contributed by atoms with Crippen molar-refractivity contribution in [1.82, 2.24) is 0 Å². The summed E-state index contributed by atoms with van der Waals surface area (Å²) >= 11 is 0. The van der Waals surface area contributed by atoms with Gasteiger partial charge in [0.1, 0.15) is 11.7 Å². The normalized spacial score (nSPS) is 41.7. The summed E-state index contributed by atoms with van der Waals surface area (Å²) in [5.74, 6) is -0.291. The van der Waals surface area contributed by atoms with Gasteiger partial charge < -0.3 is 4.74 Å². The highest BCUT2D eigenvalue weighted by Crippen LogP contribution is 2.62. The van der Waals surface area contributed by atoms with Crippen LogP contribution in [0.5, 0.6) is 0 Å². The van der Waals surface area contributed by atoms with Crippen LogP contribution in [0.4, 0.5) is 17.6 Å². The second-order valence-corrected chi connectivity index (χ2v) is 16.4. The van der Waals surface area contributed by atoms with E-state index in [1.807, 2.05) is 0 Å². The summed E-state index contributed by atoms with van der Waals surface area (Å²) in [6.45, 7) is 4.93. The van der Waals surface area contributed by atoms with Crippen molar-refractivity contribution in [2.24, 2.45) is 46.3 Å². The highest BCUT2D eigenvalue weighted by molar-refractivity contribution is 5.35. The lowest BCUT2D eigenvalue weighted by Gasteiger charge is -2.53. The minimum atomic E-state index is -2.05. The van der Waals surface area contributed by atoms with E-state index >= 15 is 17.6 Å². The van der Waals surface area contributed by atoms with Gasteiger partial charge in [-0.2, -0.15) is 0 Å². The molecule has 4 saturated carbocycles. The van der Waals surface area contributed by atoms with Crippen molar-refractivity contribution in [3.8, 4) is 0 Å². The fraction of sp³-hybridized carbons (Fsp3) is 0.800. The Labute approximate surface area is 270 Å². The molecule has 0 aromatic carbocycles. The molecule has 252 valence electrons. The number of ether oxygens (including phenoxy) is 1. The van der Waals surface area contributed by atoms with Gasteiger partial charge in [-0.1, -0.05) is 90.2 Å². The Balaban J connectivity index is 1.09. The quantitative estimate of drug-likeness (QED) is 0.191. The number of hydrogen-bond acceptors (Lipinski definition) is 1. The summed E-state index contributed by atoms with van der Waals surface area (Å²) in [6.07, 6.45) is 26.9. The van der Waals surface area contributed by atoms with E-state index in [0.717, 1.165) is 116 Å². The zero-order valence-corrected chi connectivity index (χ0v) is 28.0. The molecule has 0 radical (unpaired) electrons. The Morgan fingerprint density at radius 1 is 0.578 bits per heavy atom. The summed E-state index contributed by atoms with van der Waals surface area (Å²) in [5.41, 5.74) is -5.42. The van der Waals surface area contributed by atoms with E-state index in [9.17, 15) is 0 Å². The molecule has 0 aromatic rings. The highest BCUT2D eigenvalue weighted by atomic mass is 19.2. The molecule has 5 heteroatoms. The SMILES string of the molecule is CC1CCC(C2([C@@]3(F)C=C[C@@H](COC[C@@H]4C=C[C@](F)(C5(C6CCC(C)CC6)CCCCC5)C(F)=C4)C=C3F)CCCCC2)CC1. The number of alkyl halides is 2. The Morgan fingerprint density at radius 3 is 1.27 bits per heavy atom. The Morgan fingerprint density at radius 2 is 0.933 bits per heavy atom. The minimum Gasteiger partial charge on any atom is -0.380 e. The number of rotatable bonds is 8. The van der Waals surface area contributed by atoms with Crippen LogP contribution >= 0.6 is 0 Å². The van der Waals surface area contributed by atoms with Gasteiger partial charge in [0.05, 0.1) is 13.2 Å². The van der Waals surface area contributed by atoms with Crippen molar-refractivity contribution < 1.29 is 22.3 Å². The van der Waals surface area contributed by atoms with Crippen LogP contribution in [0.3, 0.4) is 0 Å². The first-order chi connectivity index (χ1) is 21.6. The van der Waals surface area contributed by atoms with Crippen LogP contribution < -0.4 is 0 Å². The maximum atomic E-state index is 17.0. The van der Waals surface area contributed by atoms with Gasteiger partial charge in [0.2, 0.25) is 0 Å². The number of halogens is 4. The van der Waals surface area contributed by atoms with Crippen LogP contribution in [0.2, 0.25) is 0 Å². The van der Waals surface area contributed by atoms with Crippen molar-refractivity contribution in [2.75, 3.05) is 13.2 Å². The van der Waals surface area contributed by atoms with E-state index in [-0.39, 0.29) is 36.9 Å². The van der Waals surface area contributed by atoms with Gasteiger partial charge in [0, 0.05) is 22.7 Å². The molecule has 6 aliphatic rings. The van der Waals surface area contributed by atoms with Gasteiger partial charge >= 0.3 is 0 Å². The Kier molecular flexibility index (Phi) is 10.2. The number of hydrogen-bond donors (Lipinski definition) is 0. The molecular weight excluding hydrogens is 572 g/mol. The summed E-state index contributed by atoms with van der Waals surface area (Å²) in [6, 6.07) is 0. The molecule has 0 heterocycles. The average Bonchev–Trinajstić information content (AvgIpc) is 3.05. The summed E-state index contributed by atoms with van der Waals surface area (Å²) in [7, 11) is 0. The number of allylic oxidation sites excluding steroid dienone is 4. The molecule has 0 N–H and O–H groups in total. The third-order valence-corrected chi connectivity index (χ3v) is 13.7. The molecule has 0 unspecified atom stereocenters. The first kappa shape index (κ1) is 33.5. The van der Waals surface area contributed by atoms with Crippen LogP contribution in [0.1, 0.15) is 129 Å². The summed E-state index contributed by atoms with van der Waals surface area (Å²) < 4.78 is 71.7. The monoisotopic (exact) mass is 630 g/mol. The first-order valence-corrected chi connectivity index (χ1v) is 18.7. The molecule has 0 aliphatic heterocycles. The Hall–Kier alpha value is -1.36. The van der Waals surface area contributed by atoms with Crippen LogP contribution in [-0.4, -0.2) is 24.6 Å². The lowest BCUT2D eigenvalue weighted by atomic mass is 9.53. The average molecular weight is 631 g/mol. The smallest absolute Gasteiger partial charge is 0.185 e. The van der Waals surface area contributed by atoms with Crippen molar-refractivity contribution in [1.29, 1.82) is 0 Å². The molecule has 45 heavy (non-hydrogen) atoms. The van der Waals surface area contributed by atoms with E-state index in [1.165, 1.54) is 24.3 Å². The standard InChI is InChI=1S/C40H58F4O/c1-29-9-13-33(14-10-29)37(19-5-3-6-20-37)39(43)23-17-31(25-35(39)41)27-45-28-32-18-24-40(44,36(42)26-32)38(21-7-4-8-22-38)34-15-11-30(2)12-16-34/h17-18,23-26,29-34H,3-16,19-22,27-28H2,1-2H3/t29?,30?,31-,32-,33?,34?,39-,40-/m1/s1. The maximum Gasteiger partial charge on any atom is 0.185 e. The van der Waals surface area contributed by atoms with E-state index < -0.39 is 33.8 Å². The van der Waals surface area contributed by atoms with Gasteiger partial charge in [-0.25, -0.2) is 17.6 Å². The largest absolute Gasteiger partial charge is 0.380 e. The van der Waals surface area contributed by atoms with Gasteiger partial charge in [0.15, 0.2) is 11.3 Å². The summed E-state index contributed by atoms with van der Waals surface area (Å²) in [4.78, 5) is 0. The molecule has 4 fully saturated rings. The van der Waals surface area contributed by atoms with Gasteiger partial charge in [-0.3, -0.25) is 0 Å². The summed E-state index contributed by atoms with van der Waals surface area (Å²) in [5, 5.41) is 0. The van der Waals surface area contributed by atoms with Crippen LogP contribution in [0.15, 0.2) is 48.1 Å². The molecule has 0 bridgehead atoms. The second kappa shape index (κ2) is 13.6. The second-order valence-electron chi connectivity index (χ2n) is 16.4. The van der Waals surface area contributed by atoms with Crippen molar-refractivity contribution in [3.05, 3.63) is 48.1 Å². The zero-order chi connectivity index (χ0) is 31.7. The lowest BCUT2D eigenvalue weighted by Crippen LogP contribution is -2.52. The van der Waals surface area contributed by atoms with Gasteiger partial charge in [-0.15, -0.1) is 0 Å². The van der Waals surface area contributed by atoms with Crippen molar-refractivity contribution >= 4 is 0 Å². The molecule has 1 nitrogen and oxygen atoms in total. The molecule has 0 saturated heterocycles. The van der Waals surface area contributed by atoms with Crippen LogP contribution in [0, 0.1) is 46.3 Å². The van der Waals surface area contributed by atoms with Gasteiger partial charge in [-0.05, 0) is 99.3 Å². The predicted octanol–water partition coefficient (Wildman–Crippen LogP) is 12.1. The topological polar surface area (TPSA) is 9.23 Å². The third-order valence-electron chi connectivity index (χ3n) is 13.7. The van der Waals surface area contributed by atoms with E-state index in [4.69, 9.17) is 4.74 Å². The third kappa shape index (κ3) is 6.19. The highest BCUT2D eigenvalue weighted by Gasteiger charge is 2.60. The molecule has 6 rings (SSSR count). The van der Waals surface area contributed by atoms with E-state index in [1.54, 1.807) is 12.2 Å². The fourth-order valence-electron chi connectivity index (χ4n) is 10.9. The zero-order valence-electron chi connectivity index (χ0n) is 28.0. The predicted molar refractivity (Wildman–Crippen MR) is 175 cm³/mol. The van der Waals surface area contributed by atoms with E-state index in [0.29, 0.717) is 11.8 Å². The molecule has 4 atom stereocenters. The molecular formula is C40H58F4O.